The van der Waals surface area contributed by atoms with Crippen molar-refractivity contribution in [3.05, 3.63) is 35.8 Å². The molecule has 5 heteroatoms. The highest BCUT2D eigenvalue weighted by atomic mass is 19.1. The number of nitrogens with zero attached hydrogens (tertiary/aromatic N) is 1. The molecule has 0 spiro atoms. The molecule has 0 N–H and O–H groups in total. The van der Waals surface area contributed by atoms with Crippen molar-refractivity contribution in [2.45, 2.75) is 38.9 Å². The zero-order valence-electron chi connectivity index (χ0n) is 11.1. The third kappa shape index (κ3) is 2.62. The molecule has 18 heavy (non-hydrogen) atoms. The minimum Gasteiger partial charge on any atom is -0.400 e. The minimum atomic E-state index is -0.484. The van der Waals surface area contributed by atoms with Gasteiger partial charge in [-0.2, -0.15) is 4.39 Å². The standard InChI is InChI=1S/C13H17BFNO2/c1-12(2)13(3,4)18-14(17-12)8-7-10-5-6-11(15)16-9-10/h5-9H,1-4H3/b8-7+. The fraction of sp³-hybridized carbons (Fsp3) is 0.462. The monoisotopic (exact) mass is 249 g/mol. The highest BCUT2D eigenvalue weighted by Crippen LogP contribution is 2.36. The Morgan fingerprint density at radius 2 is 1.78 bits per heavy atom. The van der Waals surface area contributed by atoms with E-state index >= 15 is 0 Å². The molecule has 0 aliphatic carbocycles. The Morgan fingerprint density at radius 1 is 1.17 bits per heavy atom. The highest BCUT2D eigenvalue weighted by Gasteiger charge is 2.49. The molecule has 0 bridgehead atoms. The highest BCUT2D eigenvalue weighted by molar-refractivity contribution is 6.52. The summed E-state index contributed by atoms with van der Waals surface area (Å²) in [6, 6.07) is 2.98. The summed E-state index contributed by atoms with van der Waals surface area (Å²) in [6.45, 7) is 8.00. The first kappa shape index (κ1) is 13.2. The smallest absolute Gasteiger partial charge is 0.400 e. The molecule has 1 fully saturated rings. The largest absolute Gasteiger partial charge is 0.487 e. The molecule has 1 aliphatic heterocycles. The number of pyridine rings is 1. The van der Waals surface area contributed by atoms with Gasteiger partial charge in [0.25, 0.3) is 0 Å². The van der Waals surface area contributed by atoms with Crippen molar-refractivity contribution in [1.29, 1.82) is 0 Å². The Labute approximate surface area is 107 Å². The molecule has 3 nitrogen and oxygen atoms in total. The van der Waals surface area contributed by atoms with Crippen LogP contribution in [0.25, 0.3) is 6.08 Å². The molecule has 96 valence electrons. The molecule has 1 aromatic heterocycles. The molecule has 0 unspecified atom stereocenters. The van der Waals surface area contributed by atoms with Crippen LogP contribution < -0.4 is 0 Å². The van der Waals surface area contributed by atoms with Gasteiger partial charge < -0.3 is 9.31 Å². The van der Waals surface area contributed by atoms with Crippen LogP contribution in [0, 0.1) is 5.95 Å². The van der Waals surface area contributed by atoms with Crippen molar-refractivity contribution >= 4 is 13.2 Å². The van der Waals surface area contributed by atoms with Gasteiger partial charge in [-0.05, 0) is 45.4 Å². The van der Waals surface area contributed by atoms with Crippen molar-refractivity contribution in [3.8, 4) is 0 Å². The first-order valence-electron chi connectivity index (χ1n) is 5.96. The fourth-order valence-corrected chi connectivity index (χ4v) is 1.64. The van der Waals surface area contributed by atoms with E-state index in [0.29, 0.717) is 0 Å². The third-order valence-electron chi connectivity index (χ3n) is 3.47. The predicted octanol–water partition coefficient (Wildman–Crippen LogP) is 2.87. The fourth-order valence-electron chi connectivity index (χ4n) is 1.64. The van der Waals surface area contributed by atoms with Crippen molar-refractivity contribution in [1.82, 2.24) is 4.98 Å². The molecule has 1 saturated heterocycles. The molecule has 1 aliphatic rings. The van der Waals surface area contributed by atoms with Gasteiger partial charge in [0.1, 0.15) is 0 Å². The lowest BCUT2D eigenvalue weighted by Gasteiger charge is -2.32. The zero-order chi connectivity index (χ0) is 13.4. The summed E-state index contributed by atoms with van der Waals surface area (Å²) in [5, 5.41) is 0. The van der Waals surface area contributed by atoms with E-state index in [0.717, 1.165) is 5.56 Å². The van der Waals surface area contributed by atoms with Crippen molar-refractivity contribution < 1.29 is 13.7 Å². The Balaban J connectivity index is 2.06. The summed E-state index contributed by atoms with van der Waals surface area (Å²) in [5.74, 6) is 1.33. The molecular weight excluding hydrogens is 232 g/mol. The molecule has 2 heterocycles. The van der Waals surface area contributed by atoms with Gasteiger partial charge in [-0.1, -0.05) is 12.1 Å². The quantitative estimate of drug-likeness (QED) is 0.596. The molecule has 0 saturated carbocycles. The van der Waals surface area contributed by atoms with E-state index in [1.54, 1.807) is 6.07 Å². The van der Waals surface area contributed by atoms with Crippen LogP contribution in [0.15, 0.2) is 24.3 Å². The van der Waals surface area contributed by atoms with E-state index in [-0.39, 0.29) is 18.3 Å². The Hall–Kier alpha value is -1.20. The van der Waals surface area contributed by atoms with E-state index in [4.69, 9.17) is 9.31 Å². The normalized spacial score (nSPS) is 21.7. The molecule has 0 aromatic carbocycles. The summed E-state index contributed by atoms with van der Waals surface area (Å²) in [4.78, 5) is 3.58. The van der Waals surface area contributed by atoms with Crippen LogP contribution in [-0.2, 0) is 9.31 Å². The van der Waals surface area contributed by atoms with Crippen LogP contribution in [0.5, 0.6) is 0 Å². The lowest BCUT2D eigenvalue weighted by atomic mass is 9.89. The third-order valence-corrected chi connectivity index (χ3v) is 3.47. The number of hydrogen-bond donors (Lipinski definition) is 0. The topological polar surface area (TPSA) is 31.4 Å². The van der Waals surface area contributed by atoms with Gasteiger partial charge in [-0.3, -0.25) is 0 Å². The SMILES string of the molecule is CC1(C)OB(/C=C/c2ccc(F)nc2)OC1(C)C. The van der Waals surface area contributed by atoms with Gasteiger partial charge in [-0.25, -0.2) is 4.98 Å². The van der Waals surface area contributed by atoms with E-state index in [9.17, 15) is 4.39 Å². The minimum absolute atomic E-state index is 0.344. The van der Waals surface area contributed by atoms with Crippen LogP contribution in [-0.4, -0.2) is 23.3 Å². The van der Waals surface area contributed by atoms with Crippen LogP contribution in [0.4, 0.5) is 4.39 Å². The van der Waals surface area contributed by atoms with Crippen LogP contribution >= 0.6 is 0 Å². The maximum absolute atomic E-state index is 12.6. The Morgan fingerprint density at radius 3 is 2.28 bits per heavy atom. The van der Waals surface area contributed by atoms with Gasteiger partial charge in [0.15, 0.2) is 0 Å². The first-order chi connectivity index (χ1) is 8.30. The number of hydrogen-bond acceptors (Lipinski definition) is 3. The van der Waals surface area contributed by atoms with E-state index in [2.05, 4.69) is 4.98 Å². The van der Waals surface area contributed by atoms with Crippen molar-refractivity contribution in [2.24, 2.45) is 0 Å². The van der Waals surface area contributed by atoms with E-state index < -0.39 is 5.95 Å². The van der Waals surface area contributed by atoms with E-state index in [1.807, 2.05) is 39.7 Å². The van der Waals surface area contributed by atoms with Crippen LogP contribution in [0.3, 0.4) is 0 Å². The number of aromatic nitrogens is 1. The van der Waals surface area contributed by atoms with Crippen molar-refractivity contribution in [2.75, 3.05) is 0 Å². The second-order valence-corrected chi connectivity index (χ2v) is 5.40. The van der Waals surface area contributed by atoms with Crippen LogP contribution in [0.1, 0.15) is 33.3 Å². The summed E-state index contributed by atoms with van der Waals surface area (Å²) >= 11 is 0. The first-order valence-corrected chi connectivity index (χ1v) is 5.96. The predicted molar refractivity (Wildman–Crippen MR) is 69.3 cm³/mol. The lowest BCUT2D eigenvalue weighted by Crippen LogP contribution is -2.41. The lowest BCUT2D eigenvalue weighted by molar-refractivity contribution is 0.00578. The second-order valence-electron chi connectivity index (χ2n) is 5.40. The molecular formula is C13H17BFNO2. The van der Waals surface area contributed by atoms with Gasteiger partial charge in [-0.15, -0.1) is 0 Å². The number of rotatable bonds is 2. The van der Waals surface area contributed by atoms with Gasteiger partial charge in [0.05, 0.1) is 11.2 Å². The van der Waals surface area contributed by atoms with Crippen LogP contribution in [0.2, 0.25) is 0 Å². The Kier molecular flexibility index (Phi) is 3.30. The van der Waals surface area contributed by atoms with Gasteiger partial charge in [0.2, 0.25) is 5.95 Å². The molecule has 0 atom stereocenters. The maximum Gasteiger partial charge on any atom is 0.487 e. The number of halogens is 1. The second kappa shape index (κ2) is 4.48. The molecule has 0 radical (unpaired) electrons. The van der Waals surface area contributed by atoms with Gasteiger partial charge in [0, 0.05) is 6.20 Å². The summed E-state index contributed by atoms with van der Waals surface area (Å²) < 4.78 is 24.3. The molecule has 1 aromatic rings. The average Bonchev–Trinajstić information content (AvgIpc) is 2.47. The summed E-state index contributed by atoms with van der Waals surface area (Å²) in [6.07, 6.45) is 3.28. The molecule has 0 amide bonds. The molecule has 2 rings (SSSR count). The van der Waals surface area contributed by atoms with E-state index in [1.165, 1.54) is 12.3 Å². The summed E-state index contributed by atoms with van der Waals surface area (Å²) in [7, 11) is -0.389. The van der Waals surface area contributed by atoms with Gasteiger partial charge >= 0.3 is 7.12 Å². The van der Waals surface area contributed by atoms with Crippen molar-refractivity contribution in [3.63, 3.8) is 0 Å². The average molecular weight is 249 g/mol. The zero-order valence-corrected chi connectivity index (χ0v) is 11.1. The summed E-state index contributed by atoms with van der Waals surface area (Å²) in [5.41, 5.74) is 0.123. The Bertz CT molecular complexity index is 441. The maximum atomic E-state index is 12.6.